The van der Waals surface area contributed by atoms with Crippen LogP contribution in [0, 0.1) is 0 Å². The van der Waals surface area contributed by atoms with Crippen LogP contribution in [0.4, 0.5) is 0 Å². The Morgan fingerprint density at radius 1 is 1.14 bits per heavy atom. The summed E-state index contributed by atoms with van der Waals surface area (Å²) in [4.78, 5) is 16.1. The van der Waals surface area contributed by atoms with Crippen LogP contribution in [-0.4, -0.2) is 51.9 Å². The van der Waals surface area contributed by atoms with Gasteiger partial charge in [-0.2, -0.15) is 0 Å². The second-order valence-electron chi connectivity index (χ2n) is 4.07. The lowest BCUT2D eigenvalue weighted by molar-refractivity contribution is -0.131. The molecule has 0 saturated carbocycles. The monoisotopic (exact) mass is 310 g/mol. The molecule has 1 unspecified atom stereocenters. The van der Waals surface area contributed by atoms with Crippen LogP contribution in [-0.2, 0) is 4.79 Å². The average molecular weight is 310 g/mol. The summed E-state index contributed by atoms with van der Waals surface area (Å²) >= 11 is 2.18. The van der Waals surface area contributed by atoms with Crippen LogP contribution in [0.3, 0.4) is 0 Å². The molecule has 0 spiro atoms. The van der Waals surface area contributed by atoms with E-state index in [-0.39, 0.29) is 9.83 Å². The number of carbonyl (C=O) groups excluding carboxylic acids is 1. The molecule has 1 amide bonds. The molecule has 14 heavy (non-hydrogen) atoms. The van der Waals surface area contributed by atoms with Crippen molar-refractivity contribution in [1.29, 1.82) is 0 Å². The highest BCUT2D eigenvalue weighted by atomic mass is 127. The highest BCUT2D eigenvalue weighted by molar-refractivity contribution is 14.1. The third-order valence-electron chi connectivity index (χ3n) is 2.70. The van der Waals surface area contributed by atoms with Gasteiger partial charge in [0, 0.05) is 32.2 Å². The molecule has 1 aliphatic rings. The van der Waals surface area contributed by atoms with Crippen molar-refractivity contribution in [3.05, 3.63) is 0 Å². The highest BCUT2D eigenvalue weighted by Crippen LogP contribution is 2.10. The van der Waals surface area contributed by atoms with Gasteiger partial charge in [-0.05, 0) is 20.8 Å². The lowest BCUT2D eigenvalue weighted by Gasteiger charge is -2.37. The molecule has 0 N–H and O–H groups in total. The molecular formula is C10H19IN2O. The number of amides is 1. The fourth-order valence-corrected chi connectivity index (χ4v) is 2.10. The largest absolute Gasteiger partial charge is 0.339 e. The van der Waals surface area contributed by atoms with Crippen LogP contribution in [0.1, 0.15) is 20.8 Å². The van der Waals surface area contributed by atoms with Crippen molar-refractivity contribution in [2.75, 3.05) is 26.2 Å². The molecule has 0 radical (unpaired) electrons. The molecule has 0 aliphatic carbocycles. The topological polar surface area (TPSA) is 23.6 Å². The molecule has 0 aromatic rings. The number of rotatable bonds is 2. The Morgan fingerprint density at radius 3 is 2.00 bits per heavy atom. The molecule has 1 saturated heterocycles. The molecule has 0 aromatic carbocycles. The Kier molecular flexibility index (Phi) is 4.63. The quantitative estimate of drug-likeness (QED) is 0.568. The van der Waals surface area contributed by atoms with E-state index in [4.69, 9.17) is 0 Å². The van der Waals surface area contributed by atoms with Crippen molar-refractivity contribution >= 4 is 28.5 Å². The summed E-state index contributed by atoms with van der Waals surface area (Å²) in [5.41, 5.74) is 0. The van der Waals surface area contributed by atoms with Gasteiger partial charge in [-0.25, -0.2) is 0 Å². The van der Waals surface area contributed by atoms with Gasteiger partial charge < -0.3 is 4.90 Å². The van der Waals surface area contributed by atoms with Crippen LogP contribution in [0.2, 0.25) is 0 Å². The molecule has 0 aromatic heterocycles. The van der Waals surface area contributed by atoms with Crippen LogP contribution in [0.15, 0.2) is 0 Å². The fourth-order valence-electron chi connectivity index (χ4n) is 1.71. The van der Waals surface area contributed by atoms with Crippen molar-refractivity contribution in [1.82, 2.24) is 9.80 Å². The van der Waals surface area contributed by atoms with Gasteiger partial charge in [0.15, 0.2) is 0 Å². The van der Waals surface area contributed by atoms with E-state index in [1.807, 2.05) is 11.8 Å². The van der Waals surface area contributed by atoms with Crippen molar-refractivity contribution in [3.8, 4) is 0 Å². The summed E-state index contributed by atoms with van der Waals surface area (Å²) in [6.45, 7) is 10.2. The van der Waals surface area contributed by atoms with Crippen molar-refractivity contribution in [3.63, 3.8) is 0 Å². The summed E-state index contributed by atoms with van der Waals surface area (Å²) in [5.74, 6) is 0.286. The SMILES string of the molecule is CC(I)C(=O)N1CCN(C(C)C)CC1. The standard InChI is InChI=1S/C10H19IN2O/c1-8(2)12-4-6-13(7-5-12)10(14)9(3)11/h8-9H,4-7H2,1-3H3. The minimum Gasteiger partial charge on any atom is -0.339 e. The van der Waals surface area contributed by atoms with Crippen LogP contribution < -0.4 is 0 Å². The molecule has 82 valence electrons. The minimum absolute atomic E-state index is 0.109. The maximum absolute atomic E-state index is 11.7. The number of nitrogens with zero attached hydrogens (tertiary/aromatic N) is 2. The first-order valence-corrected chi connectivity index (χ1v) is 6.44. The molecule has 1 rings (SSSR count). The Labute approximate surface area is 100.0 Å². The van der Waals surface area contributed by atoms with Crippen molar-refractivity contribution < 1.29 is 4.79 Å². The summed E-state index contributed by atoms with van der Waals surface area (Å²) in [5, 5.41) is 0. The second kappa shape index (κ2) is 5.30. The minimum atomic E-state index is 0.109. The lowest BCUT2D eigenvalue weighted by Crippen LogP contribution is -2.52. The van der Waals surface area contributed by atoms with Crippen LogP contribution in [0.25, 0.3) is 0 Å². The molecule has 0 bridgehead atoms. The maximum atomic E-state index is 11.7. The average Bonchev–Trinajstić information content (AvgIpc) is 2.16. The zero-order valence-corrected chi connectivity index (χ0v) is 11.3. The van der Waals surface area contributed by atoms with E-state index in [9.17, 15) is 4.79 Å². The first-order valence-electron chi connectivity index (χ1n) is 5.19. The summed E-state index contributed by atoms with van der Waals surface area (Å²) in [6.07, 6.45) is 0. The maximum Gasteiger partial charge on any atom is 0.235 e. The summed E-state index contributed by atoms with van der Waals surface area (Å²) < 4.78 is 0.109. The first kappa shape index (κ1) is 12.2. The van der Waals surface area contributed by atoms with E-state index >= 15 is 0 Å². The van der Waals surface area contributed by atoms with E-state index in [1.165, 1.54) is 0 Å². The molecule has 4 heteroatoms. The third-order valence-corrected chi connectivity index (χ3v) is 3.23. The highest BCUT2D eigenvalue weighted by Gasteiger charge is 2.24. The predicted molar refractivity (Wildman–Crippen MR) is 66.8 cm³/mol. The van der Waals surface area contributed by atoms with E-state index in [1.54, 1.807) is 0 Å². The molecule has 1 fully saturated rings. The van der Waals surface area contributed by atoms with Crippen molar-refractivity contribution in [2.24, 2.45) is 0 Å². The Hall–Kier alpha value is 0.160. The van der Waals surface area contributed by atoms with Crippen LogP contribution in [0.5, 0.6) is 0 Å². The van der Waals surface area contributed by atoms with E-state index in [2.05, 4.69) is 41.3 Å². The summed E-state index contributed by atoms with van der Waals surface area (Å²) in [7, 11) is 0. The predicted octanol–water partition coefficient (Wildman–Crippen LogP) is 1.36. The zero-order valence-electron chi connectivity index (χ0n) is 9.16. The van der Waals surface area contributed by atoms with Gasteiger partial charge in [0.25, 0.3) is 0 Å². The first-order chi connectivity index (χ1) is 6.52. The smallest absolute Gasteiger partial charge is 0.235 e. The van der Waals surface area contributed by atoms with Gasteiger partial charge >= 0.3 is 0 Å². The van der Waals surface area contributed by atoms with E-state index in [0.29, 0.717) is 6.04 Å². The molecule has 1 atom stereocenters. The number of carbonyl (C=O) groups is 1. The number of hydrogen-bond acceptors (Lipinski definition) is 2. The lowest BCUT2D eigenvalue weighted by atomic mass is 10.2. The van der Waals surface area contributed by atoms with Gasteiger partial charge in [0.05, 0.1) is 3.92 Å². The number of halogens is 1. The van der Waals surface area contributed by atoms with E-state index in [0.717, 1.165) is 26.2 Å². The normalized spacial score (nSPS) is 21.4. The van der Waals surface area contributed by atoms with Gasteiger partial charge in [-0.3, -0.25) is 9.69 Å². The van der Waals surface area contributed by atoms with E-state index < -0.39 is 0 Å². The van der Waals surface area contributed by atoms with Gasteiger partial charge in [-0.1, -0.05) is 22.6 Å². The van der Waals surface area contributed by atoms with Gasteiger partial charge in [-0.15, -0.1) is 0 Å². The number of alkyl halides is 1. The second-order valence-corrected chi connectivity index (χ2v) is 5.94. The number of hydrogen-bond donors (Lipinski definition) is 0. The summed E-state index contributed by atoms with van der Waals surface area (Å²) in [6, 6.07) is 0.601. The zero-order chi connectivity index (χ0) is 10.7. The molecule has 1 aliphatic heterocycles. The fraction of sp³-hybridized carbons (Fsp3) is 0.900. The van der Waals surface area contributed by atoms with Gasteiger partial charge in [0.2, 0.25) is 5.91 Å². The Balaban J connectivity index is 2.39. The Morgan fingerprint density at radius 2 is 1.64 bits per heavy atom. The van der Waals surface area contributed by atoms with Crippen molar-refractivity contribution in [2.45, 2.75) is 30.7 Å². The molecule has 3 nitrogen and oxygen atoms in total. The third kappa shape index (κ3) is 3.08. The molecular weight excluding hydrogens is 291 g/mol. The molecule has 1 heterocycles. The van der Waals surface area contributed by atoms with Crippen LogP contribution >= 0.6 is 22.6 Å². The van der Waals surface area contributed by atoms with Gasteiger partial charge in [0.1, 0.15) is 0 Å². The Bertz CT molecular complexity index is 198. The number of piperazine rings is 1.